The molecule has 0 radical (unpaired) electrons. The fraction of sp³-hybridized carbons (Fsp3) is 0.375. The highest BCUT2D eigenvalue weighted by Crippen LogP contribution is 2.32. The maximum atomic E-state index is 14.1. The van der Waals surface area contributed by atoms with Gasteiger partial charge in [-0.2, -0.15) is 0 Å². The molecule has 2 rings (SSSR count). The lowest BCUT2D eigenvalue weighted by atomic mass is 9.94. The van der Waals surface area contributed by atoms with Gasteiger partial charge in [-0.15, -0.1) is 0 Å². The van der Waals surface area contributed by atoms with Crippen molar-refractivity contribution in [2.75, 3.05) is 13.2 Å². The molecule has 1 atom stereocenters. The normalized spacial score (nSPS) is 18.3. The second kappa shape index (κ2) is 6.60. The molecule has 1 aliphatic heterocycles. The Morgan fingerprint density at radius 1 is 1.36 bits per heavy atom. The molecule has 0 aromatic heterocycles. The van der Waals surface area contributed by atoms with Gasteiger partial charge in [0.05, 0.1) is 18.2 Å². The van der Waals surface area contributed by atoms with E-state index in [0.29, 0.717) is 12.2 Å². The van der Waals surface area contributed by atoms with Crippen LogP contribution in [0.4, 0.5) is 9.18 Å². The number of esters is 1. The van der Waals surface area contributed by atoms with Crippen LogP contribution in [0.1, 0.15) is 32.4 Å². The molecule has 1 heterocycles. The summed E-state index contributed by atoms with van der Waals surface area (Å²) in [5, 5.41) is 2.68. The van der Waals surface area contributed by atoms with E-state index in [-0.39, 0.29) is 23.8 Å². The summed E-state index contributed by atoms with van der Waals surface area (Å²) in [6.07, 6.45) is 0. The number of halogens is 1. The van der Waals surface area contributed by atoms with Crippen molar-refractivity contribution in [1.29, 1.82) is 0 Å². The standard InChI is InChI=1S/C16H19FN2O3/c1-4-19-10(3)13(15(20)22-5-2)14(18-16(19)21)11-8-6-7-9-12(11)17/h6-9,14H,4-5H2,1-3H3,(H,18,21). The third-order valence-electron chi connectivity index (χ3n) is 3.62. The van der Waals surface area contributed by atoms with E-state index < -0.39 is 17.8 Å². The fourth-order valence-corrected chi connectivity index (χ4v) is 2.58. The molecular weight excluding hydrogens is 287 g/mol. The largest absolute Gasteiger partial charge is 0.463 e. The van der Waals surface area contributed by atoms with Gasteiger partial charge in [-0.3, -0.25) is 4.90 Å². The molecular formula is C16H19FN2O3. The number of rotatable bonds is 4. The minimum absolute atomic E-state index is 0.208. The third-order valence-corrected chi connectivity index (χ3v) is 3.62. The molecule has 0 saturated heterocycles. The maximum absolute atomic E-state index is 14.1. The Bertz CT molecular complexity index is 628. The summed E-state index contributed by atoms with van der Waals surface area (Å²) in [7, 11) is 0. The summed E-state index contributed by atoms with van der Waals surface area (Å²) in [6.45, 7) is 5.78. The predicted octanol–water partition coefficient (Wildman–Crippen LogP) is 2.75. The molecule has 0 spiro atoms. The lowest BCUT2D eigenvalue weighted by molar-refractivity contribution is -0.139. The molecule has 2 amide bonds. The topological polar surface area (TPSA) is 58.6 Å². The van der Waals surface area contributed by atoms with E-state index in [1.165, 1.54) is 11.0 Å². The van der Waals surface area contributed by atoms with Crippen molar-refractivity contribution < 1.29 is 18.7 Å². The van der Waals surface area contributed by atoms with Crippen molar-refractivity contribution in [2.45, 2.75) is 26.8 Å². The molecule has 0 saturated carbocycles. The van der Waals surface area contributed by atoms with Gasteiger partial charge in [-0.25, -0.2) is 14.0 Å². The second-order valence-electron chi connectivity index (χ2n) is 4.87. The van der Waals surface area contributed by atoms with Gasteiger partial charge < -0.3 is 10.1 Å². The molecule has 1 N–H and O–H groups in total. The first kappa shape index (κ1) is 16.0. The van der Waals surface area contributed by atoms with Gasteiger partial charge in [-0.05, 0) is 26.8 Å². The third kappa shape index (κ3) is 2.81. The highest BCUT2D eigenvalue weighted by Gasteiger charge is 2.36. The van der Waals surface area contributed by atoms with E-state index >= 15 is 0 Å². The van der Waals surface area contributed by atoms with E-state index in [9.17, 15) is 14.0 Å². The molecule has 1 unspecified atom stereocenters. The molecule has 22 heavy (non-hydrogen) atoms. The van der Waals surface area contributed by atoms with Crippen LogP contribution in [0.3, 0.4) is 0 Å². The van der Waals surface area contributed by atoms with E-state index in [1.54, 1.807) is 39.0 Å². The molecule has 0 bridgehead atoms. The lowest BCUT2D eigenvalue weighted by Gasteiger charge is -2.34. The molecule has 118 valence electrons. The van der Waals surface area contributed by atoms with Gasteiger partial charge in [0.2, 0.25) is 0 Å². The van der Waals surface area contributed by atoms with Crippen LogP contribution in [0.15, 0.2) is 35.5 Å². The van der Waals surface area contributed by atoms with Crippen LogP contribution in [-0.2, 0) is 9.53 Å². The van der Waals surface area contributed by atoms with Crippen LogP contribution < -0.4 is 5.32 Å². The minimum atomic E-state index is -0.851. The van der Waals surface area contributed by atoms with Crippen molar-refractivity contribution in [1.82, 2.24) is 10.2 Å². The number of nitrogens with zero attached hydrogens (tertiary/aromatic N) is 1. The average Bonchev–Trinajstić information content (AvgIpc) is 2.47. The molecule has 0 aliphatic carbocycles. The van der Waals surface area contributed by atoms with Crippen LogP contribution in [-0.4, -0.2) is 30.1 Å². The fourth-order valence-electron chi connectivity index (χ4n) is 2.58. The zero-order chi connectivity index (χ0) is 16.3. The molecule has 6 heteroatoms. The van der Waals surface area contributed by atoms with Gasteiger partial charge >= 0.3 is 12.0 Å². The van der Waals surface area contributed by atoms with E-state index in [1.807, 2.05) is 0 Å². The summed E-state index contributed by atoms with van der Waals surface area (Å²) >= 11 is 0. The summed E-state index contributed by atoms with van der Waals surface area (Å²) in [5.41, 5.74) is 0.986. The molecule has 1 aromatic rings. The monoisotopic (exact) mass is 306 g/mol. The first-order valence-corrected chi connectivity index (χ1v) is 7.21. The highest BCUT2D eigenvalue weighted by molar-refractivity contribution is 5.95. The number of hydrogen-bond acceptors (Lipinski definition) is 3. The number of allylic oxidation sites excluding steroid dienone is 1. The Balaban J connectivity index is 2.56. The lowest BCUT2D eigenvalue weighted by Crippen LogP contribution is -2.48. The van der Waals surface area contributed by atoms with Gasteiger partial charge in [0.25, 0.3) is 0 Å². The van der Waals surface area contributed by atoms with Crippen molar-refractivity contribution in [3.63, 3.8) is 0 Å². The highest BCUT2D eigenvalue weighted by atomic mass is 19.1. The number of amides is 2. The number of carbonyl (C=O) groups is 2. The van der Waals surface area contributed by atoms with Crippen LogP contribution in [0.5, 0.6) is 0 Å². The SMILES string of the molecule is CCOC(=O)C1=C(C)N(CC)C(=O)NC1c1ccccc1F. The van der Waals surface area contributed by atoms with E-state index in [4.69, 9.17) is 4.74 Å². The van der Waals surface area contributed by atoms with Crippen molar-refractivity contribution in [3.05, 3.63) is 46.9 Å². The zero-order valence-corrected chi connectivity index (χ0v) is 12.9. The summed E-state index contributed by atoms with van der Waals surface area (Å²) < 4.78 is 19.2. The van der Waals surface area contributed by atoms with Gasteiger partial charge in [0, 0.05) is 17.8 Å². The smallest absolute Gasteiger partial charge is 0.338 e. The Morgan fingerprint density at radius 2 is 2.05 bits per heavy atom. The van der Waals surface area contributed by atoms with Gasteiger partial charge in [-0.1, -0.05) is 18.2 Å². The minimum Gasteiger partial charge on any atom is -0.463 e. The average molecular weight is 306 g/mol. The number of benzene rings is 1. The van der Waals surface area contributed by atoms with Crippen LogP contribution in [0.25, 0.3) is 0 Å². The molecule has 5 nitrogen and oxygen atoms in total. The summed E-state index contributed by atoms with van der Waals surface area (Å²) in [4.78, 5) is 25.9. The quantitative estimate of drug-likeness (QED) is 0.870. The number of ether oxygens (including phenoxy) is 1. The Labute approximate surface area is 128 Å². The zero-order valence-electron chi connectivity index (χ0n) is 12.9. The summed E-state index contributed by atoms with van der Waals surface area (Å²) in [6, 6.07) is 4.86. The van der Waals surface area contributed by atoms with Crippen molar-refractivity contribution in [3.8, 4) is 0 Å². The predicted molar refractivity (Wildman–Crippen MR) is 79.4 cm³/mol. The number of urea groups is 1. The van der Waals surface area contributed by atoms with E-state index in [2.05, 4.69) is 5.32 Å². The van der Waals surface area contributed by atoms with Crippen molar-refractivity contribution >= 4 is 12.0 Å². The Kier molecular flexibility index (Phi) is 4.80. The molecule has 1 aliphatic rings. The van der Waals surface area contributed by atoms with E-state index in [0.717, 1.165) is 0 Å². The molecule has 1 aromatic carbocycles. The molecule has 0 fully saturated rings. The van der Waals surface area contributed by atoms with Gasteiger partial charge in [0.15, 0.2) is 0 Å². The Morgan fingerprint density at radius 3 is 2.64 bits per heavy atom. The summed E-state index contributed by atoms with van der Waals surface area (Å²) in [5.74, 6) is -1.03. The van der Waals surface area contributed by atoms with Crippen LogP contribution >= 0.6 is 0 Å². The number of hydrogen-bond donors (Lipinski definition) is 1. The Hall–Kier alpha value is -2.37. The van der Waals surface area contributed by atoms with Crippen molar-refractivity contribution in [2.24, 2.45) is 0 Å². The van der Waals surface area contributed by atoms with Crippen LogP contribution in [0, 0.1) is 5.82 Å². The first-order chi connectivity index (χ1) is 10.5. The second-order valence-corrected chi connectivity index (χ2v) is 4.87. The first-order valence-electron chi connectivity index (χ1n) is 7.21. The number of nitrogens with one attached hydrogen (secondary N) is 1. The van der Waals surface area contributed by atoms with Crippen LogP contribution in [0.2, 0.25) is 0 Å². The van der Waals surface area contributed by atoms with Gasteiger partial charge in [0.1, 0.15) is 5.82 Å². The maximum Gasteiger partial charge on any atom is 0.338 e. The number of carbonyl (C=O) groups excluding carboxylic acids is 2.